The lowest BCUT2D eigenvalue weighted by Crippen LogP contribution is -2.49. The van der Waals surface area contributed by atoms with Gasteiger partial charge in [-0.1, -0.05) is 31.0 Å². The van der Waals surface area contributed by atoms with Crippen LogP contribution in [0.25, 0.3) is 10.9 Å². The Labute approximate surface area is 240 Å². The van der Waals surface area contributed by atoms with Crippen LogP contribution in [0.15, 0.2) is 47.3 Å². The number of H-pyrrole nitrogens is 1. The van der Waals surface area contributed by atoms with Crippen molar-refractivity contribution in [3.05, 3.63) is 75.1 Å². The second-order valence-corrected chi connectivity index (χ2v) is 11.4. The summed E-state index contributed by atoms with van der Waals surface area (Å²) in [7, 11) is 0. The number of hydrogen-bond donors (Lipinski definition) is 3. The largest absolute Gasteiger partial charge is 0.418 e. The highest BCUT2D eigenvalue weighted by Gasteiger charge is 2.40. The lowest BCUT2D eigenvalue weighted by atomic mass is 9.88. The number of hydrogen-bond acceptors (Lipinski definition) is 5. The number of anilines is 1. The number of ether oxygens (including phenoxy) is 1. The van der Waals surface area contributed by atoms with Crippen molar-refractivity contribution in [1.82, 2.24) is 15.2 Å². The Morgan fingerprint density at radius 3 is 2.36 bits per heavy atom. The SMILES string of the molecule is O=C(N[C@H]1CCCC[C@H]1Nc1c(C(=O)N2CCOCC2)cc(C2CC2)cc1C(F)(F)F)c1cc(=O)[nH]c2ccccc12. The highest BCUT2D eigenvalue weighted by atomic mass is 19.4. The van der Waals surface area contributed by atoms with Gasteiger partial charge >= 0.3 is 6.18 Å². The second-order valence-electron chi connectivity index (χ2n) is 11.4. The molecular weight excluding hydrogens is 549 g/mol. The van der Waals surface area contributed by atoms with Gasteiger partial charge in [0.25, 0.3) is 11.8 Å². The number of carbonyl (C=O) groups excluding carboxylic acids is 2. The molecule has 222 valence electrons. The predicted molar refractivity (Wildman–Crippen MR) is 152 cm³/mol. The van der Waals surface area contributed by atoms with E-state index >= 15 is 0 Å². The van der Waals surface area contributed by atoms with E-state index in [1.807, 2.05) is 0 Å². The topological polar surface area (TPSA) is 104 Å². The number of pyridine rings is 1. The number of carbonyl (C=O) groups is 2. The van der Waals surface area contributed by atoms with Gasteiger partial charge in [0.1, 0.15) is 0 Å². The van der Waals surface area contributed by atoms with Gasteiger partial charge in [0.15, 0.2) is 0 Å². The zero-order valence-corrected chi connectivity index (χ0v) is 23.1. The molecule has 1 saturated heterocycles. The smallest absolute Gasteiger partial charge is 0.379 e. The molecule has 42 heavy (non-hydrogen) atoms. The molecular formula is C31H33F3N4O4. The van der Waals surface area contributed by atoms with Gasteiger partial charge in [-0.3, -0.25) is 14.4 Å². The third-order valence-electron chi connectivity index (χ3n) is 8.45. The molecule has 1 aromatic heterocycles. The minimum absolute atomic E-state index is 0.00450. The van der Waals surface area contributed by atoms with Crippen molar-refractivity contribution < 1.29 is 27.5 Å². The number of halogens is 3. The number of nitrogens with zero attached hydrogens (tertiary/aromatic N) is 1. The van der Waals surface area contributed by atoms with Gasteiger partial charge < -0.3 is 25.3 Å². The molecule has 0 bridgehead atoms. The Balaban J connectivity index is 1.34. The molecule has 6 rings (SSSR count). The van der Waals surface area contributed by atoms with Crippen molar-refractivity contribution in [3.63, 3.8) is 0 Å². The van der Waals surface area contributed by atoms with Gasteiger partial charge in [-0.25, -0.2) is 0 Å². The van der Waals surface area contributed by atoms with Crippen LogP contribution in [0.4, 0.5) is 18.9 Å². The van der Waals surface area contributed by atoms with E-state index in [2.05, 4.69) is 15.6 Å². The van der Waals surface area contributed by atoms with Crippen LogP contribution < -0.4 is 16.2 Å². The monoisotopic (exact) mass is 582 g/mol. The average Bonchev–Trinajstić information content (AvgIpc) is 3.83. The number of benzene rings is 2. The molecule has 2 heterocycles. The van der Waals surface area contributed by atoms with E-state index in [1.54, 1.807) is 35.2 Å². The molecule has 2 saturated carbocycles. The Hall–Kier alpha value is -3.86. The van der Waals surface area contributed by atoms with Crippen molar-refractivity contribution >= 4 is 28.4 Å². The number of para-hydroxylation sites is 1. The first-order valence-corrected chi connectivity index (χ1v) is 14.5. The maximum absolute atomic E-state index is 14.6. The molecule has 1 aliphatic heterocycles. The molecule has 0 unspecified atom stereocenters. The van der Waals surface area contributed by atoms with Gasteiger partial charge in [0.05, 0.1) is 35.6 Å². The van der Waals surface area contributed by atoms with E-state index in [-0.39, 0.29) is 22.7 Å². The van der Waals surface area contributed by atoms with Crippen molar-refractivity contribution in [2.24, 2.45) is 0 Å². The molecule has 2 atom stereocenters. The molecule has 3 fully saturated rings. The molecule has 0 spiro atoms. The van der Waals surface area contributed by atoms with Gasteiger partial charge in [0.2, 0.25) is 5.56 Å². The second kappa shape index (κ2) is 11.4. The summed E-state index contributed by atoms with van der Waals surface area (Å²) in [4.78, 5) is 43.7. The summed E-state index contributed by atoms with van der Waals surface area (Å²) in [6.45, 7) is 1.27. The van der Waals surface area contributed by atoms with Crippen LogP contribution in [0, 0.1) is 0 Å². The lowest BCUT2D eigenvalue weighted by Gasteiger charge is -2.35. The molecule has 2 aromatic carbocycles. The fourth-order valence-electron chi connectivity index (χ4n) is 6.10. The van der Waals surface area contributed by atoms with Crippen LogP contribution in [-0.2, 0) is 10.9 Å². The zero-order valence-electron chi connectivity index (χ0n) is 23.1. The van der Waals surface area contributed by atoms with Crippen LogP contribution in [-0.4, -0.2) is 60.1 Å². The number of morpholine rings is 1. The summed E-state index contributed by atoms with van der Waals surface area (Å²) in [5.41, 5.74) is -0.272. The number of rotatable bonds is 6. The molecule has 2 aliphatic carbocycles. The summed E-state index contributed by atoms with van der Waals surface area (Å²) < 4.78 is 49.1. The van der Waals surface area contributed by atoms with Gasteiger partial charge in [-0.05, 0) is 55.4 Å². The fourth-order valence-corrected chi connectivity index (χ4v) is 6.10. The first-order valence-electron chi connectivity index (χ1n) is 14.5. The summed E-state index contributed by atoms with van der Waals surface area (Å²) in [5.74, 6) is -0.914. The number of fused-ring (bicyclic) bond motifs is 1. The van der Waals surface area contributed by atoms with Crippen LogP contribution in [0.2, 0.25) is 0 Å². The lowest BCUT2D eigenvalue weighted by molar-refractivity contribution is -0.137. The fraction of sp³-hybridized carbons (Fsp3) is 0.452. The maximum Gasteiger partial charge on any atom is 0.418 e. The molecule has 2 amide bonds. The first kappa shape index (κ1) is 28.3. The average molecular weight is 583 g/mol. The van der Waals surface area contributed by atoms with E-state index in [0.717, 1.165) is 25.7 Å². The van der Waals surface area contributed by atoms with Gasteiger partial charge in [-0.15, -0.1) is 0 Å². The van der Waals surface area contributed by atoms with Gasteiger partial charge in [-0.2, -0.15) is 13.2 Å². The number of amides is 2. The minimum Gasteiger partial charge on any atom is -0.379 e. The van der Waals surface area contributed by atoms with E-state index in [1.165, 1.54) is 12.1 Å². The summed E-state index contributed by atoms with van der Waals surface area (Å²) in [6.07, 6.45) is -0.513. The highest BCUT2D eigenvalue weighted by Crippen LogP contribution is 2.46. The summed E-state index contributed by atoms with van der Waals surface area (Å²) in [6, 6.07) is 9.91. The summed E-state index contributed by atoms with van der Waals surface area (Å²) in [5, 5.41) is 6.67. The summed E-state index contributed by atoms with van der Waals surface area (Å²) >= 11 is 0. The Morgan fingerprint density at radius 2 is 1.64 bits per heavy atom. The van der Waals surface area contributed by atoms with Crippen molar-refractivity contribution in [1.29, 1.82) is 0 Å². The number of nitrogens with one attached hydrogen (secondary N) is 3. The Morgan fingerprint density at radius 1 is 0.929 bits per heavy atom. The number of aromatic amines is 1. The molecule has 8 nitrogen and oxygen atoms in total. The molecule has 11 heteroatoms. The highest BCUT2D eigenvalue weighted by molar-refractivity contribution is 6.06. The van der Waals surface area contributed by atoms with Gasteiger partial charge in [0, 0.05) is 42.1 Å². The van der Waals surface area contributed by atoms with Crippen LogP contribution >= 0.6 is 0 Å². The third-order valence-corrected chi connectivity index (χ3v) is 8.45. The quantitative estimate of drug-likeness (QED) is 0.378. The van der Waals surface area contributed by atoms with E-state index in [9.17, 15) is 27.6 Å². The van der Waals surface area contributed by atoms with Crippen molar-refractivity contribution in [2.75, 3.05) is 31.6 Å². The first-order chi connectivity index (χ1) is 20.2. The van der Waals surface area contributed by atoms with Crippen LogP contribution in [0.1, 0.15) is 76.3 Å². The Bertz CT molecular complexity index is 1560. The maximum atomic E-state index is 14.6. The normalized spacial score (nSPS) is 21.3. The standard InChI is InChI=1S/C31H33F3N4O4/c32-31(33,34)23-16-19(18-9-10-18)15-22(30(41)38-11-13-42-14-12-38)28(23)36-25-7-3-4-8-26(25)37-29(40)21-17-27(39)35-24-6-2-1-5-20(21)24/h1-2,5-6,15-18,25-26,36H,3-4,7-14H2,(H,35,39)(H,37,40)/t25-,26+/m1/s1. The van der Waals surface area contributed by atoms with E-state index in [0.29, 0.717) is 55.6 Å². The third kappa shape index (κ3) is 5.88. The number of alkyl halides is 3. The van der Waals surface area contributed by atoms with E-state index in [4.69, 9.17) is 4.74 Å². The van der Waals surface area contributed by atoms with E-state index < -0.39 is 41.2 Å². The predicted octanol–water partition coefficient (Wildman–Crippen LogP) is 5.05. The minimum atomic E-state index is -4.69. The Kier molecular flexibility index (Phi) is 7.69. The van der Waals surface area contributed by atoms with Crippen molar-refractivity contribution in [2.45, 2.75) is 62.7 Å². The molecule has 3 aliphatic rings. The zero-order chi connectivity index (χ0) is 29.4. The van der Waals surface area contributed by atoms with Crippen LogP contribution in [0.5, 0.6) is 0 Å². The van der Waals surface area contributed by atoms with Crippen LogP contribution in [0.3, 0.4) is 0 Å². The van der Waals surface area contributed by atoms with Crippen molar-refractivity contribution in [3.8, 4) is 0 Å². The molecule has 3 aromatic rings. The molecule has 0 radical (unpaired) electrons. The molecule has 3 N–H and O–H groups in total. The number of aromatic nitrogens is 1.